The number of H-pyrrole nitrogens is 1. The number of carbonyl (C=O) groups is 1. The van der Waals surface area contributed by atoms with Crippen LogP contribution in [0.1, 0.15) is 15.2 Å². The number of aromatic amines is 1. The zero-order valence-corrected chi connectivity index (χ0v) is 18.7. The first-order valence-corrected chi connectivity index (χ1v) is 11.2. The highest BCUT2D eigenvalue weighted by Gasteiger charge is 2.15. The molecule has 9 heteroatoms. The molecular weight excluding hydrogens is 464 g/mol. The number of nitriles is 1. The molecule has 0 radical (unpaired) electrons. The van der Waals surface area contributed by atoms with Crippen molar-refractivity contribution >= 4 is 39.6 Å². The number of aromatic hydroxyl groups is 2. The van der Waals surface area contributed by atoms with Crippen LogP contribution < -0.4 is 0 Å². The van der Waals surface area contributed by atoms with Crippen molar-refractivity contribution in [3.05, 3.63) is 82.6 Å². The van der Waals surface area contributed by atoms with Crippen LogP contribution in [0.25, 0.3) is 33.2 Å². The number of aromatic carboxylic acids is 1. The van der Waals surface area contributed by atoms with E-state index < -0.39 is 5.97 Å². The molecule has 0 bridgehead atoms. The number of nitrogens with one attached hydrogen (secondary N) is 1. The Bertz CT molecular complexity index is 1680. The maximum Gasteiger partial charge on any atom is 0.335 e. The zero-order valence-electron chi connectivity index (χ0n) is 17.9. The van der Waals surface area contributed by atoms with E-state index in [9.17, 15) is 25.4 Å². The smallest absolute Gasteiger partial charge is 0.335 e. The number of benzene rings is 3. The van der Waals surface area contributed by atoms with Gasteiger partial charge in [0.05, 0.1) is 11.1 Å². The minimum atomic E-state index is -1.07. The Balaban J connectivity index is 1.51. The molecule has 5 rings (SSSR count). The highest BCUT2D eigenvalue weighted by Crippen LogP contribution is 2.41. The van der Waals surface area contributed by atoms with Gasteiger partial charge in [-0.2, -0.15) is 5.26 Å². The van der Waals surface area contributed by atoms with Gasteiger partial charge in [-0.05, 0) is 52.9 Å². The van der Waals surface area contributed by atoms with Gasteiger partial charge in [0.25, 0.3) is 0 Å². The lowest BCUT2D eigenvalue weighted by Gasteiger charge is -2.07. The second-order valence-corrected chi connectivity index (χ2v) is 8.53. The Morgan fingerprint density at radius 2 is 1.74 bits per heavy atom. The van der Waals surface area contributed by atoms with Crippen molar-refractivity contribution in [2.75, 3.05) is 0 Å². The van der Waals surface area contributed by atoms with Gasteiger partial charge in [0, 0.05) is 16.5 Å². The predicted molar refractivity (Wildman–Crippen MR) is 133 cm³/mol. The van der Waals surface area contributed by atoms with Gasteiger partial charge in [-0.1, -0.05) is 30.3 Å². The Morgan fingerprint density at radius 3 is 2.54 bits per heavy atom. The number of carboxylic acid groups (broad SMARTS) is 1. The molecule has 2 aromatic heterocycles. The average Bonchev–Trinajstić information content (AvgIpc) is 3.46. The van der Waals surface area contributed by atoms with E-state index in [2.05, 4.69) is 21.3 Å². The number of phenols is 1. The van der Waals surface area contributed by atoms with Crippen molar-refractivity contribution in [2.24, 2.45) is 10.2 Å². The van der Waals surface area contributed by atoms with Crippen molar-refractivity contribution in [1.29, 1.82) is 5.26 Å². The van der Waals surface area contributed by atoms with Crippen LogP contribution in [0.5, 0.6) is 11.6 Å². The van der Waals surface area contributed by atoms with Crippen molar-refractivity contribution < 1.29 is 20.1 Å². The summed E-state index contributed by atoms with van der Waals surface area (Å²) < 4.78 is 0. The molecule has 2 heterocycles. The fourth-order valence-electron chi connectivity index (χ4n) is 3.83. The number of hydrogen-bond acceptors (Lipinski definition) is 7. The van der Waals surface area contributed by atoms with E-state index >= 15 is 0 Å². The first-order chi connectivity index (χ1) is 17.0. The van der Waals surface area contributed by atoms with Gasteiger partial charge in [-0.25, -0.2) is 4.79 Å². The molecule has 0 aliphatic heterocycles. The summed E-state index contributed by atoms with van der Waals surface area (Å²) in [5.41, 5.74) is 3.64. The number of nitrogens with zero attached hydrogens (tertiary/aromatic N) is 3. The molecule has 3 aromatic carbocycles. The fourth-order valence-corrected chi connectivity index (χ4v) is 4.53. The van der Waals surface area contributed by atoms with Crippen LogP contribution >= 0.6 is 11.3 Å². The number of hydrogen-bond donors (Lipinski definition) is 4. The summed E-state index contributed by atoms with van der Waals surface area (Å²) in [6.07, 6.45) is 0. The first-order valence-electron chi connectivity index (χ1n) is 10.4. The molecule has 0 amide bonds. The third-order valence-electron chi connectivity index (χ3n) is 5.52. The van der Waals surface area contributed by atoms with Crippen LogP contribution in [0, 0.1) is 11.3 Å². The summed E-state index contributed by atoms with van der Waals surface area (Å²) in [4.78, 5) is 14.8. The van der Waals surface area contributed by atoms with E-state index in [1.807, 2.05) is 23.6 Å². The van der Waals surface area contributed by atoms with Gasteiger partial charge < -0.3 is 20.3 Å². The number of aromatic nitrogens is 1. The highest BCUT2D eigenvalue weighted by atomic mass is 32.1. The number of rotatable bonds is 5. The molecule has 0 unspecified atom stereocenters. The lowest BCUT2D eigenvalue weighted by atomic mass is 10.0. The monoisotopic (exact) mass is 480 g/mol. The van der Waals surface area contributed by atoms with E-state index in [-0.39, 0.29) is 28.6 Å². The molecule has 0 saturated heterocycles. The quantitative estimate of drug-likeness (QED) is 0.201. The standard InChI is InChI=1S/C26H16N4O4S/c27-13-22-17(9-10-35-22)15-7-8-19-21(12-15)28-25(32)23(19)30-29-20-6-2-5-18(24(20)31)14-3-1-4-16(11-14)26(33)34/h1-12,28,31-32H,(H,33,34). The van der Waals surface area contributed by atoms with E-state index in [4.69, 9.17) is 0 Å². The summed E-state index contributed by atoms with van der Waals surface area (Å²) in [7, 11) is 0. The maximum atomic E-state index is 11.3. The molecule has 0 aliphatic carbocycles. The summed E-state index contributed by atoms with van der Waals surface area (Å²) in [5.74, 6) is -1.42. The fraction of sp³-hybridized carbons (Fsp3) is 0. The second kappa shape index (κ2) is 8.78. The molecule has 35 heavy (non-hydrogen) atoms. The third kappa shape index (κ3) is 3.99. The maximum absolute atomic E-state index is 11.3. The lowest BCUT2D eigenvalue weighted by Crippen LogP contribution is -1.95. The number of phenolic OH excluding ortho intramolecular Hbond substituents is 1. The van der Waals surface area contributed by atoms with Crippen LogP contribution in [0.2, 0.25) is 0 Å². The van der Waals surface area contributed by atoms with Crippen molar-refractivity contribution in [3.63, 3.8) is 0 Å². The largest absolute Gasteiger partial charge is 0.505 e. The Morgan fingerprint density at radius 1 is 0.943 bits per heavy atom. The molecule has 5 aromatic rings. The number of carboxylic acids is 1. The zero-order chi connectivity index (χ0) is 24.5. The van der Waals surface area contributed by atoms with E-state index in [0.717, 1.165) is 11.1 Å². The minimum absolute atomic E-state index is 0.0985. The van der Waals surface area contributed by atoms with Gasteiger partial charge in [-0.3, -0.25) is 0 Å². The number of fused-ring (bicyclic) bond motifs is 1. The Hall–Kier alpha value is -4.94. The van der Waals surface area contributed by atoms with Crippen LogP contribution in [-0.2, 0) is 0 Å². The van der Waals surface area contributed by atoms with Gasteiger partial charge in [0.15, 0.2) is 11.4 Å². The van der Waals surface area contributed by atoms with Crippen LogP contribution in [-0.4, -0.2) is 26.3 Å². The average molecular weight is 481 g/mol. The van der Waals surface area contributed by atoms with Gasteiger partial charge in [0.2, 0.25) is 5.88 Å². The number of azo groups is 1. The normalized spacial score (nSPS) is 11.2. The van der Waals surface area contributed by atoms with E-state index in [1.165, 1.54) is 23.5 Å². The summed E-state index contributed by atoms with van der Waals surface area (Å²) in [6.45, 7) is 0. The number of para-hydroxylation sites is 1. The Labute approximate surface area is 202 Å². The second-order valence-electron chi connectivity index (χ2n) is 7.62. The van der Waals surface area contributed by atoms with Gasteiger partial charge in [0.1, 0.15) is 16.6 Å². The van der Waals surface area contributed by atoms with Gasteiger partial charge in [-0.15, -0.1) is 21.6 Å². The molecule has 8 nitrogen and oxygen atoms in total. The summed E-state index contributed by atoms with van der Waals surface area (Å²) in [5, 5.41) is 50.5. The molecule has 170 valence electrons. The molecule has 0 atom stereocenters. The molecule has 0 saturated carbocycles. The first kappa shape index (κ1) is 21.9. The van der Waals surface area contributed by atoms with E-state index in [0.29, 0.717) is 26.9 Å². The molecular formula is C26H16N4O4S. The Kier molecular flexibility index (Phi) is 5.49. The molecule has 0 aliphatic rings. The number of thiophene rings is 1. The highest BCUT2D eigenvalue weighted by molar-refractivity contribution is 7.11. The SMILES string of the molecule is N#Cc1sccc1-c1ccc2c(N=Nc3cccc(-c4cccc(C(=O)O)c4)c3O)c(O)[nH]c2c1. The lowest BCUT2D eigenvalue weighted by molar-refractivity contribution is 0.0697. The summed E-state index contributed by atoms with van der Waals surface area (Å²) in [6, 6.07) is 20.6. The molecule has 4 N–H and O–H groups in total. The van der Waals surface area contributed by atoms with Crippen LogP contribution in [0.3, 0.4) is 0 Å². The topological polar surface area (TPSA) is 142 Å². The van der Waals surface area contributed by atoms with Crippen LogP contribution in [0.4, 0.5) is 11.4 Å². The third-order valence-corrected chi connectivity index (χ3v) is 6.34. The van der Waals surface area contributed by atoms with Gasteiger partial charge >= 0.3 is 5.97 Å². The summed E-state index contributed by atoms with van der Waals surface area (Å²) >= 11 is 1.36. The van der Waals surface area contributed by atoms with Crippen molar-refractivity contribution in [2.45, 2.75) is 0 Å². The van der Waals surface area contributed by atoms with Crippen LogP contribution in [0.15, 0.2) is 82.3 Å². The molecule has 0 spiro atoms. The molecule has 0 fully saturated rings. The van der Waals surface area contributed by atoms with Crippen molar-refractivity contribution in [1.82, 2.24) is 4.98 Å². The minimum Gasteiger partial charge on any atom is -0.505 e. The van der Waals surface area contributed by atoms with Crippen molar-refractivity contribution in [3.8, 4) is 40.0 Å². The van der Waals surface area contributed by atoms with E-state index in [1.54, 1.807) is 36.4 Å². The predicted octanol–water partition coefficient (Wildman–Crippen LogP) is 6.96.